The first-order valence-corrected chi connectivity index (χ1v) is 9.98. The Kier molecular flexibility index (Phi) is 6.18. The minimum Gasteiger partial charge on any atom is -0.368 e. The Morgan fingerprint density at radius 3 is 2.37 bits per heavy atom. The van der Waals surface area contributed by atoms with Crippen molar-refractivity contribution in [3.63, 3.8) is 0 Å². The molecule has 0 atom stereocenters. The van der Waals surface area contributed by atoms with Gasteiger partial charge in [-0.2, -0.15) is 0 Å². The molecule has 3 rings (SSSR count). The summed E-state index contributed by atoms with van der Waals surface area (Å²) in [6, 6.07) is 11.8. The molecule has 6 heteroatoms. The molecule has 1 saturated heterocycles. The summed E-state index contributed by atoms with van der Waals surface area (Å²) in [7, 11) is 0. The molecule has 0 aromatic heterocycles. The number of halogens is 2. The molecule has 2 amide bonds. The summed E-state index contributed by atoms with van der Waals surface area (Å²) in [6.45, 7) is 9.15. The Balaban J connectivity index is 1.65. The van der Waals surface area contributed by atoms with E-state index in [2.05, 4.69) is 30.1 Å². The van der Waals surface area contributed by atoms with Gasteiger partial charge in [0.05, 0.1) is 10.0 Å². The number of anilines is 2. The molecule has 0 aliphatic carbocycles. The van der Waals surface area contributed by atoms with Crippen molar-refractivity contribution >= 4 is 40.6 Å². The van der Waals surface area contributed by atoms with E-state index in [9.17, 15) is 4.79 Å². The van der Waals surface area contributed by atoms with Crippen molar-refractivity contribution in [2.24, 2.45) is 0 Å². The SMILES string of the molecule is Cc1cccc(C(C)C)c1NC(=O)N1CCN(c2ccc(Cl)c(Cl)c2)CC1. The maximum atomic E-state index is 12.8. The minimum absolute atomic E-state index is 0.0417. The van der Waals surface area contributed by atoms with Crippen LogP contribution < -0.4 is 10.2 Å². The summed E-state index contributed by atoms with van der Waals surface area (Å²) in [4.78, 5) is 16.9. The molecule has 1 aliphatic rings. The number of piperazine rings is 1. The summed E-state index contributed by atoms with van der Waals surface area (Å²) >= 11 is 12.1. The lowest BCUT2D eigenvalue weighted by molar-refractivity contribution is 0.208. The van der Waals surface area contributed by atoms with Gasteiger partial charge >= 0.3 is 6.03 Å². The molecule has 0 bridgehead atoms. The summed E-state index contributed by atoms with van der Waals surface area (Å²) in [6.07, 6.45) is 0. The van der Waals surface area contributed by atoms with Gasteiger partial charge in [0.15, 0.2) is 0 Å². The Bertz CT molecular complexity index is 830. The van der Waals surface area contributed by atoms with E-state index in [1.807, 2.05) is 42.2 Å². The third-order valence-corrected chi connectivity index (χ3v) is 5.73. The van der Waals surface area contributed by atoms with Gasteiger partial charge in [-0.05, 0) is 42.2 Å². The topological polar surface area (TPSA) is 35.6 Å². The molecule has 0 radical (unpaired) electrons. The number of aryl methyl sites for hydroxylation is 1. The number of carbonyl (C=O) groups excluding carboxylic acids is 1. The fraction of sp³-hybridized carbons (Fsp3) is 0.381. The van der Waals surface area contributed by atoms with Crippen molar-refractivity contribution < 1.29 is 4.79 Å². The highest BCUT2D eigenvalue weighted by atomic mass is 35.5. The fourth-order valence-corrected chi connectivity index (χ4v) is 3.67. The Morgan fingerprint density at radius 1 is 1.04 bits per heavy atom. The lowest BCUT2D eigenvalue weighted by Gasteiger charge is -2.36. The predicted octanol–water partition coefficient (Wildman–Crippen LogP) is 5.78. The van der Waals surface area contributed by atoms with Crippen LogP contribution in [0.3, 0.4) is 0 Å². The van der Waals surface area contributed by atoms with Gasteiger partial charge in [0.1, 0.15) is 0 Å². The quantitative estimate of drug-likeness (QED) is 0.702. The van der Waals surface area contributed by atoms with Crippen LogP contribution in [-0.2, 0) is 0 Å². The number of nitrogens with one attached hydrogen (secondary N) is 1. The van der Waals surface area contributed by atoms with Crippen molar-refractivity contribution in [3.05, 3.63) is 57.6 Å². The second kappa shape index (κ2) is 8.41. The molecule has 4 nitrogen and oxygen atoms in total. The van der Waals surface area contributed by atoms with Crippen LogP contribution in [0.5, 0.6) is 0 Å². The Hall–Kier alpha value is -1.91. The number of hydrogen-bond acceptors (Lipinski definition) is 2. The van der Waals surface area contributed by atoms with E-state index in [-0.39, 0.29) is 6.03 Å². The van der Waals surface area contributed by atoms with E-state index in [1.54, 1.807) is 0 Å². The Labute approximate surface area is 171 Å². The molecular formula is C21H25Cl2N3O. The number of amides is 2. The second-order valence-corrected chi connectivity index (χ2v) is 8.01. The van der Waals surface area contributed by atoms with E-state index in [4.69, 9.17) is 23.2 Å². The largest absolute Gasteiger partial charge is 0.368 e. The van der Waals surface area contributed by atoms with E-state index in [0.717, 1.165) is 35.6 Å². The molecular weight excluding hydrogens is 381 g/mol. The van der Waals surface area contributed by atoms with Crippen molar-refractivity contribution in [1.82, 2.24) is 4.90 Å². The number of rotatable bonds is 3. The van der Waals surface area contributed by atoms with Crippen molar-refractivity contribution in [2.45, 2.75) is 26.7 Å². The lowest BCUT2D eigenvalue weighted by Crippen LogP contribution is -2.50. The molecule has 1 aliphatic heterocycles. The molecule has 2 aromatic carbocycles. The van der Waals surface area contributed by atoms with Gasteiger partial charge in [0.2, 0.25) is 0 Å². The summed E-state index contributed by atoms with van der Waals surface area (Å²) in [5.74, 6) is 0.353. The highest BCUT2D eigenvalue weighted by Crippen LogP contribution is 2.29. The second-order valence-electron chi connectivity index (χ2n) is 7.20. The van der Waals surface area contributed by atoms with Crippen LogP contribution in [0.15, 0.2) is 36.4 Å². The van der Waals surface area contributed by atoms with E-state index >= 15 is 0 Å². The molecule has 2 aromatic rings. The highest BCUT2D eigenvalue weighted by molar-refractivity contribution is 6.42. The van der Waals surface area contributed by atoms with Gasteiger partial charge in [-0.15, -0.1) is 0 Å². The normalized spacial score (nSPS) is 14.6. The van der Waals surface area contributed by atoms with Crippen molar-refractivity contribution in [1.29, 1.82) is 0 Å². The zero-order valence-electron chi connectivity index (χ0n) is 15.9. The molecule has 0 saturated carbocycles. The standard InChI is InChI=1S/C21H25Cl2N3O/c1-14(2)17-6-4-5-15(3)20(17)24-21(27)26-11-9-25(10-12-26)16-7-8-18(22)19(23)13-16/h4-8,13-14H,9-12H2,1-3H3,(H,24,27). The Morgan fingerprint density at radius 2 is 1.74 bits per heavy atom. The van der Waals surface area contributed by atoms with Gasteiger partial charge in [0, 0.05) is 37.6 Å². The third kappa shape index (κ3) is 4.50. The van der Waals surface area contributed by atoms with Crippen LogP contribution in [0.25, 0.3) is 0 Å². The van der Waals surface area contributed by atoms with Gasteiger partial charge in [-0.25, -0.2) is 4.79 Å². The number of para-hydroxylation sites is 1. The maximum absolute atomic E-state index is 12.8. The summed E-state index contributed by atoms with van der Waals surface area (Å²) in [5.41, 5.74) is 4.22. The molecule has 0 spiro atoms. The van der Waals surface area contributed by atoms with Crippen molar-refractivity contribution in [2.75, 3.05) is 36.4 Å². The smallest absolute Gasteiger partial charge is 0.321 e. The van der Waals surface area contributed by atoms with Gasteiger partial charge < -0.3 is 15.1 Å². The van der Waals surface area contributed by atoms with Crippen LogP contribution in [0.1, 0.15) is 30.9 Å². The zero-order chi connectivity index (χ0) is 19.6. The average Bonchev–Trinajstić information content (AvgIpc) is 2.65. The van der Waals surface area contributed by atoms with Crippen LogP contribution in [0, 0.1) is 6.92 Å². The van der Waals surface area contributed by atoms with Crippen LogP contribution in [0.2, 0.25) is 10.0 Å². The maximum Gasteiger partial charge on any atom is 0.321 e. The monoisotopic (exact) mass is 405 g/mol. The number of urea groups is 1. The van der Waals surface area contributed by atoms with E-state index < -0.39 is 0 Å². The van der Waals surface area contributed by atoms with E-state index in [1.165, 1.54) is 0 Å². The van der Waals surface area contributed by atoms with Gasteiger partial charge in [-0.1, -0.05) is 55.2 Å². The average molecular weight is 406 g/mol. The number of benzene rings is 2. The molecule has 0 unspecified atom stereocenters. The van der Waals surface area contributed by atoms with Gasteiger partial charge in [-0.3, -0.25) is 0 Å². The molecule has 27 heavy (non-hydrogen) atoms. The third-order valence-electron chi connectivity index (χ3n) is 4.99. The van der Waals surface area contributed by atoms with Gasteiger partial charge in [0.25, 0.3) is 0 Å². The minimum atomic E-state index is -0.0417. The first kappa shape index (κ1) is 19.8. The zero-order valence-corrected chi connectivity index (χ0v) is 17.4. The summed E-state index contributed by atoms with van der Waals surface area (Å²) in [5, 5.41) is 4.24. The van der Waals surface area contributed by atoms with Crippen LogP contribution >= 0.6 is 23.2 Å². The van der Waals surface area contributed by atoms with Crippen molar-refractivity contribution in [3.8, 4) is 0 Å². The molecule has 1 fully saturated rings. The molecule has 1 heterocycles. The lowest BCUT2D eigenvalue weighted by atomic mass is 9.98. The van der Waals surface area contributed by atoms with Crippen LogP contribution in [0.4, 0.5) is 16.2 Å². The molecule has 1 N–H and O–H groups in total. The highest BCUT2D eigenvalue weighted by Gasteiger charge is 2.23. The molecule has 144 valence electrons. The number of hydrogen-bond donors (Lipinski definition) is 1. The van der Waals surface area contributed by atoms with E-state index in [0.29, 0.717) is 29.1 Å². The first-order valence-electron chi connectivity index (χ1n) is 9.22. The fourth-order valence-electron chi connectivity index (χ4n) is 3.38. The predicted molar refractivity (Wildman–Crippen MR) is 115 cm³/mol. The number of carbonyl (C=O) groups is 1. The first-order chi connectivity index (χ1) is 12.9. The van der Waals surface area contributed by atoms with Crippen LogP contribution in [-0.4, -0.2) is 37.1 Å². The number of nitrogens with zero attached hydrogens (tertiary/aromatic N) is 2. The summed E-state index contributed by atoms with van der Waals surface area (Å²) < 4.78 is 0.